The van der Waals surface area contributed by atoms with E-state index in [1.807, 2.05) is 18.2 Å². The van der Waals surface area contributed by atoms with Crippen molar-refractivity contribution in [3.05, 3.63) is 60.2 Å². The number of halogens is 3. The van der Waals surface area contributed by atoms with Gasteiger partial charge in [-0.05, 0) is 37.1 Å². The number of sulfonamides is 1. The number of nitrogens with one attached hydrogen (secondary N) is 1. The van der Waals surface area contributed by atoms with E-state index in [1.54, 1.807) is 12.1 Å². The van der Waals surface area contributed by atoms with Gasteiger partial charge in [0.15, 0.2) is 0 Å². The zero-order valence-electron chi connectivity index (χ0n) is 16.6. The number of rotatable bonds is 7. The van der Waals surface area contributed by atoms with Gasteiger partial charge in [-0.2, -0.15) is 17.5 Å². The Bertz CT molecular complexity index is 989. The van der Waals surface area contributed by atoms with Crippen LogP contribution in [0.25, 0.3) is 0 Å². The molecule has 0 saturated carbocycles. The predicted molar refractivity (Wildman–Crippen MR) is 108 cm³/mol. The first kappa shape index (κ1) is 23.1. The number of benzene rings is 2. The minimum Gasteiger partial charge on any atom is -0.492 e. The lowest BCUT2D eigenvalue weighted by Crippen LogP contribution is -2.43. The average molecular weight is 456 g/mol. The van der Waals surface area contributed by atoms with E-state index in [9.17, 15) is 26.4 Å². The maximum absolute atomic E-state index is 13.2. The van der Waals surface area contributed by atoms with E-state index in [4.69, 9.17) is 4.74 Å². The molecule has 0 atom stereocenters. The minimum absolute atomic E-state index is 0.0207. The van der Waals surface area contributed by atoms with Crippen molar-refractivity contribution >= 4 is 15.9 Å². The summed E-state index contributed by atoms with van der Waals surface area (Å²) < 4.78 is 71.8. The van der Waals surface area contributed by atoms with E-state index < -0.39 is 32.6 Å². The SMILES string of the molecule is O=C(NCCOc1ccccc1)C1CCN(S(=O)(=O)c2ccccc2C(F)(F)F)CC1. The quantitative estimate of drug-likeness (QED) is 0.649. The number of para-hydroxylation sites is 1. The van der Waals surface area contributed by atoms with E-state index in [-0.39, 0.29) is 38.4 Å². The summed E-state index contributed by atoms with van der Waals surface area (Å²) in [7, 11) is -4.31. The smallest absolute Gasteiger partial charge is 0.417 e. The first-order chi connectivity index (χ1) is 14.7. The topological polar surface area (TPSA) is 75.7 Å². The molecule has 0 spiro atoms. The van der Waals surface area contributed by atoms with E-state index in [0.29, 0.717) is 12.3 Å². The molecule has 1 heterocycles. The van der Waals surface area contributed by atoms with E-state index in [0.717, 1.165) is 22.5 Å². The number of alkyl halides is 3. The fourth-order valence-corrected chi connectivity index (χ4v) is 5.11. The number of carbonyl (C=O) groups is 1. The van der Waals surface area contributed by atoms with Gasteiger partial charge in [-0.15, -0.1) is 0 Å². The molecular formula is C21H23F3N2O4S. The molecule has 1 N–H and O–H groups in total. The normalized spacial score (nSPS) is 16.1. The van der Waals surface area contributed by atoms with Gasteiger partial charge in [0.25, 0.3) is 0 Å². The third-order valence-electron chi connectivity index (χ3n) is 5.05. The van der Waals surface area contributed by atoms with Crippen LogP contribution < -0.4 is 10.1 Å². The number of ether oxygens (including phenoxy) is 1. The lowest BCUT2D eigenvalue weighted by molar-refractivity contribution is -0.139. The highest BCUT2D eigenvalue weighted by Crippen LogP contribution is 2.36. The van der Waals surface area contributed by atoms with Crippen molar-refractivity contribution < 1.29 is 31.1 Å². The van der Waals surface area contributed by atoms with Crippen LogP contribution in [0.15, 0.2) is 59.5 Å². The first-order valence-corrected chi connectivity index (χ1v) is 11.3. The van der Waals surface area contributed by atoms with Crippen molar-refractivity contribution in [1.82, 2.24) is 9.62 Å². The molecule has 6 nitrogen and oxygen atoms in total. The van der Waals surface area contributed by atoms with Crippen LogP contribution in [0.3, 0.4) is 0 Å². The van der Waals surface area contributed by atoms with Gasteiger partial charge in [0.05, 0.1) is 17.0 Å². The van der Waals surface area contributed by atoms with Crippen LogP contribution >= 0.6 is 0 Å². The third kappa shape index (κ3) is 5.76. The molecule has 10 heteroatoms. The molecule has 1 aliphatic heterocycles. The molecule has 2 aromatic rings. The molecule has 1 saturated heterocycles. The molecule has 0 aromatic heterocycles. The molecule has 0 unspecified atom stereocenters. The average Bonchev–Trinajstić information content (AvgIpc) is 2.77. The fraction of sp³-hybridized carbons (Fsp3) is 0.381. The number of nitrogens with zero attached hydrogens (tertiary/aromatic N) is 1. The Morgan fingerprint density at radius 3 is 2.29 bits per heavy atom. The molecule has 168 valence electrons. The van der Waals surface area contributed by atoms with Crippen LogP contribution in [0.4, 0.5) is 13.2 Å². The monoisotopic (exact) mass is 456 g/mol. The first-order valence-electron chi connectivity index (χ1n) is 9.81. The highest BCUT2D eigenvalue weighted by molar-refractivity contribution is 7.89. The Labute approximate surface area is 179 Å². The van der Waals surface area contributed by atoms with E-state index >= 15 is 0 Å². The zero-order valence-corrected chi connectivity index (χ0v) is 17.5. The van der Waals surface area contributed by atoms with Gasteiger partial charge >= 0.3 is 6.18 Å². The zero-order chi connectivity index (χ0) is 22.5. The summed E-state index contributed by atoms with van der Waals surface area (Å²) >= 11 is 0. The number of hydrogen-bond acceptors (Lipinski definition) is 4. The predicted octanol–water partition coefficient (Wildman–Crippen LogP) is 3.30. The van der Waals surface area contributed by atoms with Gasteiger partial charge in [-0.25, -0.2) is 8.42 Å². The molecule has 31 heavy (non-hydrogen) atoms. The Hall–Kier alpha value is -2.59. The second-order valence-electron chi connectivity index (χ2n) is 7.12. The molecule has 3 rings (SSSR count). The minimum atomic E-state index is -4.77. The highest BCUT2D eigenvalue weighted by Gasteiger charge is 2.40. The van der Waals surface area contributed by atoms with Gasteiger partial charge in [-0.3, -0.25) is 4.79 Å². The Balaban J connectivity index is 1.52. The van der Waals surface area contributed by atoms with Crippen molar-refractivity contribution in [1.29, 1.82) is 0 Å². The van der Waals surface area contributed by atoms with E-state index in [1.165, 1.54) is 6.07 Å². The van der Waals surface area contributed by atoms with Crippen LogP contribution in [0, 0.1) is 5.92 Å². The molecule has 0 radical (unpaired) electrons. The summed E-state index contributed by atoms with van der Waals surface area (Å²) in [6, 6.07) is 13.3. The Morgan fingerprint density at radius 2 is 1.65 bits per heavy atom. The lowest BCUT2D eigenvalue weighted by atomic mass is 9.97. The molecule has 1 aliphatic rings. The summed E-state index contributed by atoms with van der Waals surface area (Å²) in [5.74, 6) is 0.0693. The molecule has 2 aromatic carbocycles. The summed E-state index contributed by atoms with van der Waals surface area (Å²) in [6.07, 6.45) is -4.30. The largest absolute Gasteiger partial charge is 0.492 e. The molecule has 0 aliphatic carbocycles. The second-order valence-corrected chi connectivity index (χ2v) is 9.03. The van der Waals surface area contributed by atoms with E-state index in [2.05, 4.69) is 5.32 Å². The van der Waals surface area contributed by atoms with Crippen molar-refractivity contribution in [2.75, 3.05) is 26.2 Å². The van der Waals surface area contributed by atoms with Crippen molar-refractivity contribution in [3.63, 3.8) is 0 Å². The molecular weight excluding hydrogens is 433 g/mol. The highest BCUT2D eigenvalue weighted by atomic mass is 32.2. The lowest BCUT2D eigenvalue weighted by Gasteiger charge is -2.31. The van der Waals surface area contributed by atoms with Crippen molar-refractivity contribution in [2.24, 2.45) is 5.92 Å². The van der Waals surface area contributed by atoms with Crippen molar-refractivity contribution in [2.45, 2.75) is 23.9 Å². The van der Waals surface area contributed by atoms with Crippen LogP contribution in [0.5, 0.6) is 5.75 Å². The van der Waals surface area contributed by atoms with Crippen molar-refractivity contribution in [3.8, 4) is 5.75 Å². The van der Waals surface area contributed by atoms with Gasteiger partial charge < -0.3 is 10.1 Å². The van der Waals surface area contributed by atoms with Crippen LogP contribution in [0.1, 0.15) is 18.4 Å². The van der Waals surface area contributed by atoms with Crippen LogP contribution in [-0.4, -0.2) is 44.9 Å². The number of piperidine rings is 1. The van der Waals surface area contributed by atoms with Gasteiger partial charge in [0, 0.05) is 19.0 Å². The molecule has 1 fully saturated rings. The van der Waals surface area contributed by atoms with Gasteiger partial charge in [0.1, 0.15) is 12.4 Å². The number of hydrogen-bond donors (Lipinski definition) is 1. The second kappa shape index (κ2) is 9.69. The summed E-state index contributed by atoms with van der Waals surface area (Å²) in [5, 5.41) is 2.76. The Morgan fingerprint density at radius 1 is 1.03 bits per heavy atom. The standard InChI is InChI=1S/C21H23F3N2O4S/c22-21(23,24)18-8-4-5-9-19(18)31(28,29)26-13-10-16(11-14-26)20(27)25-12-15-30-17-6-2-1-3-7-17/h1-9,16H,10-15H2,(H,25,27). The van der Waals surface area contributed by atoms with Crippen LogP contribution in [0.2, 0.25) is 0 Å². The summed E-state index contributed by atoms with van der Waals surface area (Å²) in [6.45, 7) is 0.544. The molecule has 1 amide bonds. The van der Waals surface area contributed by atoms with Gasteiger partial charge in [0.2, 0.25) is 15.9 Å². The third-order valence-corrected chi connectivity index (χ3v) is 7.01. The van der Waals surface area contributed by atoms with Gasteiger partial charge in [-0.1, -0.05) is 30.3 Å². The maximum Gasteiger partial charge on any atom is 0.417 e. The maximum atomic E-state index is 13.2. The summed E-state index contributed by atoms with van der Waals surface area (Å²) in [5.41, 5.74) is -1.19. The number of amides is 1. The van der Waals surface area contributed by atoms with Crippen LogP contribution in [-0.2, 0) is 21.0 Å². The Kier molecular flexibility index (Phi) is 7.22. The molecule has 0 bridgehead atoms. The summed E-state index contributed by atoms with van der Waals surface area (Å²) in [4.78, 5) is 11.6. The fourth-order valence-electron chi connectivity index (χ4n) is 3.43. The number of carbonyl (C=O) groups excluding carboxylic acids is 1.